The number of benzene rings is 7. The molecule has 0 radical (unpaired) electrons. The van der Waals surface area contributed by atoms with Gasteiger partial charge in [-0.2, -0.15) is 0 Å². The number of para-hydroxylation sites is 2. The molecule has 0 saturated heterocycles. The second kappa shape index (κ2) is 9.14. The van der Waals surface area contributed by atoms with E-state index in [4.69, 9.17) is 4.42 Å². The third kappa shape index (κ3) is 3.65. The number of hydrogen-bond donors (Lipinski definition) is 0. The van der Waals surface area contributed by atoms with E-state index in [1.54, 1.807) is 0 Å². The predicted molar refractivity (Wildman–Crippen MR) is 169 cm³/mol. The Hall–Kier alpha value is -5.34. The smallest absolute Gasteiger partial charge is 0.136 e. The fraction of sp³-hybridized carbons (Fsp3) is 0. The third-order valence-electron chi connectivity index (χ3n) is 7.82. The quantitative estimate of drug-likeness (QED) is 0.218. The standard InChI is InChI=1S/C38H25NO/c1-3-11-29(12-4-1)39(30-13-5-2-6-14-30)31-21-23-36-35(25-31)38-34(16-9-17-37(38)40-36)28-20-22-33-27(24-28)19-18-26-10-7-8-15-32(26)33/h1-25H. The summed E-state index contributed by atoms with van der Waals surface area (Å²) in [5.74, 6) is 0. The first-order chi connectivity index (χ1) is 19.8. The fourth-order valence-corrected chi connectivity index (χ4v) is 5.98. The van der Waals surface area contributed by atoms with Gasteiger partial charge in [0.1, 0.15) is 11.2 Å². The molecule has 0 spiro atoms. The van der Waals surface area contributed by atoms with Crippen molar-refractivity contribution < 1.29 is 4.42 Å². The highest BCUT2D eigenvalue weighted by Gasteiger charge is 2.17. The Morgan fingerprint density at radius 3 is 1.90 bits per heavy atom. The van der Waals surface area contributed by atoms with Crippen LogP contribution in [0.1, 0.15) is 0 Å². The molecule has 8 aromatic rings. The van der Waals surface area contributed by atoms with Gasteiger partial charge in [0.15, 0.2) is 0 Å². The van der Waals surface area contributed by atoms with E-state index < -0.39 is 0 Å². The molecule has 0 fully saturated rings. The van der Waals surface area contributed by atoms with Crippen molar-refractivity contribution in [2.45, 2.75) is 0 Å². The summed E-state index contributed by atoms with van der Waals surface area (Å²) in [5.41, 5.74) is 7.46. The number of rotatable bonds is 4. The Bertz CT molecular complexity index is 2120. The summed E-state index contributed by atoms with van der Waals surface area (Å²) in [7, 11) is 0. The van der Waals surface area contributed by atoms with Crippen molar-refractivity contribution in [2.24, 2.45) is 0 Å². The van der Waals surface area contributed by atoms with E-state index in [1.807, 2.05) is 0 Å². The van der Waals surface area contributed by atoms with Crippen LogP contribution < -0.4 is 4.90 Å². The maximum atomic E-state index is 6.39. The fourth-order valence-electron chi connectivity index (χ4n) is 5.98. The van der Waals surface area contributed by atoms with Gasteiger partial charge < -0.3 is 9.32 Å². The lowest BCUT2D eigenvalue weighted by atomic mass is 9.95. The van der Waals surface area contributed by atoms with Crippen molar-refractivity contribution in [1.82, 2.24) is 0 Å². The molecule has 2 heteroatoms. The maximum absolute atomic E-state index is 6.39. The molecule has 40 heavy (non-hydrogen) atoms. The van der Waals surface area contributed by atoms with Crippen molar-refractivity contribution in [3.63, 3.8) is 0 Å². The molecule has 2 nitrogen and oxygen atoms in total. The zero-order valence-corrected chi connectivity index (χ0v) is 21.8. The van der Waals surface area contributed by atoms with Crippen LogP contribution in [0.15, 0.2) is 156 Å². The van der Waals surface area contributed by atoms with Gasteiger partial charge in [0.25, 0.3) is 0 Å². The summed E-state index contributed by atoms with van der Waals surface area (Å²) in [5, 5.41) is 7.31. The van der Waals surface area contributed by atoms with Crippen LogP contribution >= 0.6 is 0 Å². The number of anilines is 3. The minimum atomic E-state index is 0.888. The van der Waals surface area contributed by atoms with Gasteiger partial charge in [0.05, 0.1) is 0 Å². The second-order valence-electron chi connectivity index (χ2n) is 10.2. The van der Waals surface area contributed by atoms with Gasteiger partial charge in [0.2, 0.25) is 0 Å². The molecular formula is C38H25NO. The van der Waals surface area contributed by atoms with Gasteiger partial charge in [-0.1, -0.05) is 97.1 Å². The monoisotopic (exact) mass is 511 g/mol. The molecule has 188 valence electrons. The van der Waals surface area contributed by atoms with E-state index >= 15 is 0 Å². The van der Waals surface area contributed by atoms with Crippen LogP contribution in [-0.2, 0) is 0 Å². The van der Waals surface area contributed by atoms with E-state index in [0.717, 1.165) is 39.0 Å². The first-order valence-electron chi connectivity index (χ1n) is 13.6. The van der Waals surface area contributed by atoms with Crippen molar-refractivity contribution in [3.8, 4) is 11.1 Å². The lowest BCUT2D eigenvalue weighted by Gasteiger charge is -2.25. The van der Waals surface area contributed by atoms with Crippen LogP contribution in [0.2, 0.25) is 0 Å². The molecule has 0 saturated carbocycles. The molecule has 0 aliphatic carbocycles. The highest BCUT2D eigenvalue weighted by molar-refractivity contribution is 6.15. The average Bonchev–Trinajstić information content (AvgIpc) is 3.40. The molecule has 7 aromatic carbocycles. The van der Waals surface area contributed by atoms with Gasteiger partial charge in [-0.25, -0.2) is 0 Å². The normalized spacial score (nSPS) is 11.5. The second-order valence-corrected chi connectivity index (χ2v) is 10.2. The van der Waals surface area contributed by atoms with E-state index in [0.29, 0.717) is 0 Å². The van der Waals surface area contributed by atoms with Crippen molar-refractivity contribution in [1.29, 1.82) is 0 Å². The number of nitrogens with zero attached hydrogens (tertiary/aromatic N) is 1. The van der Waals surface area contributed by atoms with E-state index in [-0.39, 0.29) is 0 Å². The summed E-state index contributed by atoms with van der Waals surface area (Å²) in [4.78, 5) is 2.29. The number of furan rings is 1. The summed E-state index contributed by atoms with van der Waals surface area (Å²) in [6.07, 6.45) is 0. The molecule has 8 rings (SSSR count). The van der Waals surface area contributed by atoms with Crippen LogP contribution in [0.5, 0.6) is 0 Å². The summed E-state index contributed by atoms with van der Waals surface area (Å²) >= 11 is 0. The minimum absolute atomic E-state index is 0.888. The molecule has 0 bridgehead atoms. The zero-order chi connectivity index (χ0) is 26.5. The van der Waals surface area contributed by atoms with Crippen LogP contribution in [0, 0.1) is 0 Å². The molecule has 0 unspecified atom stereocenters. The Kier molecular flexibility index (Phi) is 5.17. The van der Waals surface area contributed by atoms with Crippen LogP contribution in [-0.4, -0.2) is 0 Å². The van der Waals surface area contributed by atoms with E-state index in [1.165, 1.54) is 32.7 Å². The predicted octanol–water partition coefficient (Wildman–Crippen LogP) is 11.0. The summed E-state index contributed by atoms with van der Waals surface area (Å²) < 4.78 is 6.39. The average molecular weight is 512 g/mol. The van der Waals surface area contributed by atoms with E-state index in [2.05, 4.69) is 157 Å². The lowest BCUT2D eigenvalue weighted by molar-refractivity contribution is 0.669. The lowest BCUT2D eigenvalue weighted by Crippen LogP contribution is -2.09. The molecule has 1 aromatic heterocycles. The van der Waals surface area contributed by atoms with Gasteiger partial charge in [-0.3, -0.25) is 0 Å². The third-order valence-corrected chi connectivity index (χ3v) is 7.82. The SMILES string of the molecule is c1ccc(N(c2ccccc2)c2ccc3oc4cccc(-c5ccc6c(ccc7ccccc76)c5)c4c3c2)cc1. The molecule has 1 heterocycles. The first kappa shape index (κ1) is 22.6. The van der Waals surface area contributed by atoms with Crippen molar-refractivity contribution in [2.75, 3.05) is 4.90 Å². The largest absolute Gasteiger partial charge is 0.456 e. The molecule has 0 N–H and O–H groups in total. The summed E-state index contributed by atoms with van der Waals surface area (Å²) in [6.45, 7) is 0. The Labute approximate surface area is 232 Å². The molecule has 0 amide bonds. The summed E-state index contributed by atoms with van der Waals surface area (Å²) in [6, 6.07) is 53.7. The van der Waals surface area contributed by atoms with Gasteiger partial charge in [-0.05, 0) is 87.3 Å². The Morgan fingerprint density at radius 2 is 1.10 bits per heavy atom. The first-order valence-corrected chi connectivity index (χ1v) is 13.6. The number of hydrogen-bond acceptors (Lipinski definition) is 2. The molecule has 0 aliphatic rings. The van der Waals surface area contributed by atoms with Crippen molar-refractivity contribution >= 4 is 60.5 Å². The highest BCUT2D eigenvalue weighted by Crippen LogP contribution is 2.42. The Balaban J connectivity index is 1.34. The van der Waals surface area contributed by atoms with Crippen molar-refractivity contribution in [3.05, 3.63) is 152 Å². The van der Waals surface area contributed by atoms with Gasteiger partial charge >= 0.3 is 0 Å². The molecule has 0 atom stereocenters. The topological polar surface area (TPSA) is 16.4 Å². The Morgan fingerprint density at radius 1 is 0.400 bits per heavy atom. The number of fused-ring (bicyclic) bond motifs is 6. The minimum Gasteiger partial charge on any atom is -0.456 e. The maximum Gasteiger partial charge on any atom is 0.136 e. The van der Waals surface area contributed by atoms with E-state index in [9.17, 15) is 0 Å². The zero-order valence-electron chi connectivity index (χ0n) is 21.8. The van der Waals surface area contributed by atoms with Gasteiger partial charge in [-0.15, -0.1) is 0 Å². The van der Waals surface area contributed by atoms with Crippen LogP contribution in [0.3, 0.4) is 0 Å². The van der Waals surface area contributed by atoms with Crippen LogP contribution in [0.25, 0.3) is 54.6 Å². The highest BCUT2D eigenvalue weighted by atomic mass is 16.3. The van der Waals surface area contributed by atoms with Gasteiger partial charge in [0, 0.05) is 27.8 Å². The molecule has 0 aliphatic heterocycles. The van der Waals surface area contributed by atoms with Crippen LogP contribution in [0.4, 0.5) is 17.1 Å². The molecular weight excluding hydrogens is 486 g/mol.